The molecule has 31 heavy (non-hydrogen) atoms. The fourth-order valence-electron chi connectivity index (χ4n) is 3.79. The zero-order valence-corrected chi connectivity index (χ0v) is 17.0. The second kappa shape index (κ2) is 8.34. The Bertz CT molecular complexity index is 946. The summed E-state index contributed by atoms with van der Waals surface area (Å²) in [5, 5.41) is 0.977. The van der Waals surface area contributed by atoms with Gasteiger partial charge in [0.2, 0.25) is 0 Å². The molecule has 1 saturated carbocycles. The van der Waals surface area contributed by atoms with Crippen molar-refractivity contribution in [3.8, 4) is 0 Å². The highest BCUT2D eigenvalue weighted by molar-refractivity contribution is 5.88. The number of benzene rings is 2. The van der Waals surface area contributed by atoms with E-state index >= 15 is 0 Å². The van der Waals surface area contributed by atoms with E-state index in [-0.39, 0.29) is 12.4 Å². The molecule has 0 spiro atoms. The minimum Gasteiger partial charge on any atom is -0.373 e. The Balaban J connectivity index is 1.74. The maximum Gasteiger partial charge on any atom is 0.493 e. The van der Waals surface area contributed by atoms with Gasteiger partial charge in [0.1, 0.15) is 18.2 Å². The third-order valence-corrected chi connectivity index (χ3v) is 5.55. The zero-order chi connectivity index (χ0) is 22.1. The summed E-state index contributed by atoms with van der Waals surface area (Å²) in [5.74, 6) is -1.67. The fourth-order valence-corrected chi connectivity index (χ4v) is 3.79. The van der Waals surface area contributed by atoms with Crippen LogP contribution in [-0.2, 0) is 19.9 Å². The Kier molecular flexibility index (Phi) is 5.75. The van der Waals surface area contributed by atoms with Crippen molar-refractivity contribution < 1.29 is 27.5 Å². The molecule has 0 aromatic heterocycles. The molecule has 0 radical (unpaired) electrons. The quantitative estimate of drug-likeness (QED) is 0.631. The lowest BCUT2D eigenvalue weighted by atomic mass is 9.82. The number of aliphatic imine (C=N–C) groups is 1. The molecule has 2 unspecified atom stereocenters. The summed E-state index contributed by atoms with van der Waals surface area (Å²) in [6.45, 7) is 2.27. The molecule has 0 bridgehead atoms. The first-order valence-corrected chi connectivity index (χ1v) is 10.1. The molecule has 2 aliphatic rings. The van der Waals surface area contributed by atoms with E-state index in [1.54, 1.807) is 24.3 Å². The summed E-state index contributed by atoms with van der Waals surface area (Å²) in [5.41, 5.74) is 0.464. The number of carbonyl (C=O) groups excluding carboxylic acids is 1. The molecule has 164 valence electrons. The Morgan fingerprint density at radius 1 is 1.10 bits per heavy atom. The minimum absolute atomic E-state index is 0.0482. The smallest absolute Gasteiger partial charge is 0.373 e. The number of alkyl halides is 3. The van der Waals surface area contributed by atoms with Crippen LogP contribution in [0.3, 0.4) is 0 Å². The van der Waals surface area contributed by atoms with Gasteiger partial charge < -0.3 is 9.57 Å². The summed E-state index contributed by atoms with van der Waals surface area (Å²) in [6.07, 6.45) is -2.98. The van der Waals surface area contributed by atoms with E-state index in [9.17, 15) is 18.0 Å². The van der Waals surface area contributed by atoms with Crippen LogP contribution < -0.4 is 0 Å². The molecule has 0 N–H and O–H groups in total. The average Bonchev–Trinajstić information content (AvgIpc) is 3.53. The van der Waals surface area contributed by atoms with Crippen LogP contribution in [0, 0.1) is 5.92 Å². The summed E-state index contributed by atoms with van der Waals surface area (Å²) >= 11 is 0. The van der Waals surface area contributed by atoms with Crippen molar-refractivity contribution in [3.63, 3.8) is 0 Å². The van der Waals surface area contributed by atoms with E-state index in [1.165, 1.54) is 0 Å². The molecule has 1 aliphatic carbocycles. The summed E-state index contributed by atoms with van der Waals surface area (Å²) in [6, 6.07) is 17.4. The predicted octanol–water partition coefficient (Wildman–Crippen LogP) is 4.80. The maximum absolute atomic E-state index is 13.1. The van der Waals surface area contributed by atoms with Gasteiger partial charge in [-0.3, -0.25) is 4.99 Å². The number of ether oxygens (including phenoxy) is 1. The van der Waals surface area contributed by atoms with Gasteiger partial charge in [-0.2, -0.15) is 18.2 Å². The molecule has 0 saturated heterocycles. The molecule has 5 nitrogen and oxygen atoms in total. The number of hydroxylamine groups is 2. The van der Waals surface area contributed by atoms with Crippen molar-refractivity contribution >= 4 is 11.8 Å². The van der Waals surface area contributed by atoms with Crippen molar-refractivity contribution in [2.45, 2.75) is 37.5 Å². The molecule has 4 rings (SSSR count). The summed E-state index contributed by atoms with van der Waals surface area (Å²) in [7, 11) is 0. The summed E-state index contributed by atoms with van der Waals surface area (Å²) < 4.78 is 44.9. The van der Waals surface area contributed by atoms with Gasteiger partial charge >= 0.3 is 12.1 Å². The van der Waals surface area contributed by atoms with E-state index in [0.29, 0.717) is 18.1 Å². The second-order valence-corrected chi connectivity index (χ2v) is 8.02. The van der Waals surface area contributed by atoms with E-state index < -0.39 is 23.7 Å². The van der Waals surface area contributed by atoms with Crippen molar-refractivity contribution in [3.05, 3.63) is 71.8 Å². The predicted molar refractivity (Wildman–Crippen MR) is 108 cm³/mol. The first-order chi connectivity index (χ1) is 14.8. The van der Waals surface area contributed by atoms with Crippen LogP contribution in [0.1, 0.15) is 36.9 Å². The SMILES string of the molecule is CC1(c2ccccc2)N=C(COCC2CC2)N(OC(=O)C(F)(F)F)C1c1ccccc1. The van der Waals surface area contributed by atoms with Crippen molar-refractivity contribution in [1.29, 1.82) is 0 Å². The molecular formula is C23H23F3N2O3. The molecule has 2 atom stereocenters. The normalized spacial score (nSPS) is 23.5. The molecule has 8 heteroatoms. The van der Waals surface area contributed by atoms with Crippen LogP contribution in [0.25, 0.3) is 0 Å². The van der Waals surface area contributed by atoms with Gasteiger partial charge in [-0.25, -0.2) is 4.79 Å². The van der Waals surface area contributed by atoms with Gasteiger partial charge in [0.05, 0.1) is 0 Å². The van der Waals surface area contributed by atoms with Gasteiger partial charge in [0.15, 0.2) is 5.84 Å². The van der Waals surface area contributed by atoms with Crippen LogP contribution in [0.15, 0.2) is 65.7 Å². The molecule has 2 aromatic rings. The Morgan fingerprint density at radius 3 is 2.29 bits per heavy atom. The summed E-state index contributed by atoms with van der Waals surface area (Å²) in [4.78, 5) is 21.5. The fraction of sp³-hybridized carbons (Fsp3) is 0.391. The minimum atomic E-state index is -5.13. The molecule has 1 aliphatic heterocycles. The van der Waals surface area contributed by atoms with E-state index in [0.717, 1.165) is 23.5 Å². The Hall–Kier alpha value is -2.87. The number of nitrogens with zero attached hydrogens (tertiary/aromatic N) is 2. The largest absolute Gasteiger partial charge is 0.493 e. The van der Waals surface area contributed by atoms with Crippen LogP contribution >= 0.6 is 0 Å². The molecule has 1 fully saturated rings. The number of hydrogen-bond acceptors (Lipinski definition) is 5. The zero-order valence-electron chi connectivity index (χ0n) is 17.0. The third-order valence-electron chi connectivity index (χ3n) is 5.55. The average molecular weight is 432 g/mol. The Morgan fingerprint density at radius 2 is 1.71 bits per heavy atom. The van der Waals surface area contributed by atoms with Gasteiger partial charge in [-0.05, 0) is 36.8 Å². The standard InChI is InChI=1S/C23H23F3N2O3/c1-22(18-10-6-3-7-11-18)20(17-8-4-2-5-9-17)28(31-21(29)23(24,25)26)19(27-22)15-30-14-16-12-13-16/h2-11,16,20H,12-15H2,1H3. The number of halogens is 3. The van der Waals surface area contributed by atoms with Crippen LogP contribution in [-0.4, -0.2) is 36.3 Å². The topological polar surface area (TPSA) is 51.1 Å². The molecule has 0 amide bonds. The van der Waals surface area contributed by atoms with Crippen molar-refractivity contribution in [1.82, 2.24) is 5.06 Å². The van der Waals surface area contributed by atoms with Gasteiger partial charge in [0.25, 0.3) is 0 Å². The monoisotopic (exact) mass is 432 g/mol. The van der Waals surface area contributed by atoms with Gasteiger partial charge in [-0.15, -0.1) is 0 Å². The first-order valence-electron chi connectivity index (χ1n) is 10.1. The number of rotatable bonds is 7. The van der Waals surface area contributed by atoms with E-state index in [2.05, 4.69) is 0 Å². The Labute approximate surface area is 178 Å². The highest BCUT2D eigenvalue weighted by Crippen LogP contribution is 2.47. The molecule has 2 aromatic carbocycles. The lowest BCUT2D eigenvalue weighted by Crippen LogP contribution is -2.42. The number of amidine groups is 1. The highest BCUT2D eigenvalue weighted by atomic mass is 19.4. The van der Waals surface area contributed by atoms with Crippen LogP contribution in [0.2, 0.25) is 0 Å². The third kappa shape index (κ3) is 4.58. The first kappa shape index (κ1) is 21.4. The lowest BCUT2D eigenvalue weighted by Gasteiger charge is -2.34. The maximum atomic E-state index is 13.1. The van der Waals surface area contributed by atoms with Gasteiger partial charge in [0, 0.05) is 6.61 Å². The van der Waals surface area contributed by atoms with E-state index in [1.807, 2.05) is 43.3 Å². The second-order valence-electron chi connectivity index (χ2n) is 8.02. The molecule has 1 heterocycles. The van der Waals surface area contributed by atoms with Crippen LogP contribution in [0.5, 0.6) is 0 Å². The van der Waals surface area contributed by atoms with Gasteiger partial charge in [-0.1, -0.05) is 60.7 Å². The molecular weight excluding hydrogens is 409 g/mol. The van der Waals surface area contributed by atoms with Crippen molar-refractivity contribution in [2.75, 3.05) is 13.2 Å². The number of carbonyl (C=O) groups is 1. The lowest BCUT2D eigenvalue weighted by molar-refractivity contribution is -0.232. The van der Waals surface area contributed by atoms with Crippen LogP contribution in [0.4, 0.5) is 13.2 Å². The highest BCUT2D eigenvalue weighted by Gasteiger charge is 2.52. The number of hydrogen-bond donors (Lipinski definition) is 0. The van der Waals surface area contributed by atoms with Crippen molar-refractivity contribution in [2.24, 2.45) is 10.9 Å². The van der Waals surface area contributed by atoms with E-state index in [4.69, 9.17) is 14.6 Å².